The molecule has 0 aromatic carbocycles. The van der Waals surface area contributed by atoms with Gasteiger partial charge in [0.05, 0.1) is 0 Å². The highest BCUT2D eigenvalue weighted by Crippen LogP contribution is 2.24. The number of hydrogen-bond donors (Lipinski definition) is 1. The third-order valence-electron chi connectivity index (χ3n) is 2.57. The first-order chi connectivity index (χ1) is 6.78. The van der Waals surface area contributed by atoms with E-state index in [2.05, 4.69) is 4.98 Å². The van der Waals surface area contributed by atoms with Crippen LogP contribution in [0.2, 0.25) is 0 Å². The average molecular weight is 192 g/mol. The van der Waals surface area contributed by atoms with Gasteiger partial charge in [-0.05, 0) is 37.8 Å². The molecule has 0 saturated heterocycles. The fraction of sp³-hybridized carbons (Fsp3) is 0.545. The van der Waals surface area contributed by atoms with Gasteiger partial charge in [-0.25, -0.2) is 4.98 Å². The summed E-state index contributed by atoms with van der Waals surface area (Å²) in [5.74, 6) is 0.732. The van der Waals surface area contributed by atoms with Crippen LogP contribution in [0.3, 0.4) is 0 Å². The molecule has 1 heterocycles. The molecule has 0 spiro atoms. The summed E-state index contributed by atoms with van der Waals surface area (Å²) in [5, 5.41) is 0. The minimum atomic E-state index is 0.384. The number of nitrogens with two attached hydrogens (primary N) is 1. The minimum Gasteiger partial charge on any atom is -0.474 e. The topological polar surface area (TPSA) is 48.1 Å². The highest BCUT2D eigenvalue weighted by molar-refractivity contribution is 5.24. The van der Waals surface area contributed by atoms with Crippen molar-refractivity contribution in [3.8, 4) is 5.88 Å². The van der Waals surface area contributed by atoms with Crippen LogP contribution in [0.1, 0.15) is 30.5 Å². The van der Waals surface area contributed by atoms with Crippen LogP contribution in [0.5, 0.6) is 5.88 Å². The largest absolute Gasteiger partial charge is 0.474 e. The van der Waals surface area contributed by atoms with Crippen molar-refractivity contribution in [3.63, 3.8) is 0 Å². The highest BCUT2D eigenvalue weighted by atomic mass is 16.5. The average Bonchev–Trinajstić information content (AvgIpc) is 2.10. The van der Waals surface area contributed by atoms with Gasteiger partial charge in [0, 0.05) is 18.3 Å². The summed E-state index contributed by atoms with van der Waals surface area (Å²) in [4.78, 5) is 4.33. The van der Waals surface area contributed by atoms with Crippen LogP contribution in [-0.4, -0.2) is 11.1 Å². The number of aryl methyl sites for hydroxylation is 1. The lowest BCUT2D eigenvalue weighted by atomic mass is 9.96. The van der Waals surface area contributed by atoms with Crippen molar-refractivity contribution >= 4 is 0 Å². The molecule has 3 heteroatoms. The molecule has 1 aromatic heterocycles. The van der Waals surface area contributed by atoms with Gasteiger partial charge in [-0.15, -0.1) is 0 Å². The summed E-state index contributed by atoms with van der Waals surface area (Å²) >= 11 is 0. The van der Waals surface area contributed by atoms with Gasteiger partial charge < -0.3 is 10.5 Å². The summed E-state index contributed by atoms with van der Waals surface area (Å²) in [6.07, 6.45) is 3.98. The second kappa shape index (κ2) is 3.96. The molecular formula is C11H16N2O. The van der Waals surface area contributed by atoms with Gasteiger partial charge in [0.1, 0.15) is 6.10 Å². The Balaban J connectivity index is 2.11. The Bertz CT molecular complexity index is 321. The van der Waals surface area contributed by atoms with Gasteiger partial charge in [-0.1, -0.05) is 0 Å². The zero-order chi connectivity index (χ0) is 9.97. The van der Waals surface area contributed by atoms with E-state index in [-0.39, 0.29) is 0 Å². The number of hydrogen-bond acceptors (Lipinski definition) is 3. The van der Waals surface area contributed by atoms with E-state index in [0.29, 0.717) is 12.6 Å². The fourth-order valence-corrected chi connectivity index (χ4v) is 1.54. The molecule has 2 N–H and O–H groups in total. The van der Waals surface area contributed by atoms with Gasteiger partial charge in [0.25, 0.3) is 0 Å². The number of rotatable bonds is 3. The molecule has 14 heavy (non-hydrogen) atoms. The van der Waals surface area contributed by atoms with E-state index in [1.54, 1.807) is 0 Å². The minimum absolute atomic E-state index is 0.384. The zero-order valence-corrected chi connectivity index (χ0v) is 8.49. The van der Waals surface area contributed by atoms with E-state index in [4.69, 9.17) is 10.5 Å². The van der Waals surface area contributed by atoms with Crippen LogP contribution < -0.4 is 10.5 Å². The van der Waals surface area contributed by atoms with Gasteiger partial charge in [0.15, 0.2) is 0 Å². The van der Waals surface area contributed by atoms with Crippen molar-refractivity contribution in [1.82, 2.24) is 4.98 Å². The molecule has 1 saturated carbocycles. The molecule has 1 aromatic rings. The van der Waals surface area contributed by atoms with Crippen molar-refractivity contribution in [2.45, 2.75) is 38.8 Å². The van der Waals surface area contributed by atoms with Gasteiger partial charge in [0.2, 0.25) is 5.88 Å². The predicted octanol–water partition coefficient (Wildman–Crippen LogP) is 1.78. The molecule has 0 amide bonds. The first kappa shape index (κ1) is 9.46. The molecule has 0 unspecified atom stereocenters. The van der Waals surface area contributed by atoms with E-state index >= 15 is 0 Å². The third-order valence-corrected chi connectivity index (χ3v) is 2.57. The summed E-state index contributed by atoms with van der Waals surface area (Å²) in [7, 11) is 0. The van der Waals surface area contributed by atoms with Crippen LogP contribution in [0.25, 0.3) is 0 Å². The number of nitrogens with zero attached hydrogens (tertiary/aromatic N) is 1. The van der Waals surface area contributed by atoms with Gasteiger partial charge in [-0.3, -0.25) is 0 Å². The fourth-order valence-electron chi connectivity index (χ4n) is 1.54. The maximum absolute atomic E-state index is 5.71. The summed E-state index contributed by atoms with van der Waals surface area (Å²) < 4.78 is 5.71. The van der Waals surface area contributed by atoms with Gasteiger partial charge >= 0.3 is 0 Å². The smallest absolute Gasteiger partial charge is 0.214 e. The van der Waals surface area contributed by atoms with Crippen molar-refractivity contribution in [3.05, 3.63) is 23.4 Å². The third kappa shape index (κ3) is 2.04. The molecule has 76 valence electrons. The Kier molecular flexibility index (Phi) is 2.68. The van der Waals surface area contributed by atoms with Gasteiger partial charge in [-0.2, -0.15) is 0 Å². The first-order valence-electron chi connectivity index (χ1n) is 5.12. The predicted molar refractivity (Wildman–Crippen MR) is 55.1 cm³/mol. The molecule has 0 bridgehead atoms. The van der Waals surface area contributed by atoms with Crippen molar-refractivity contribution in [1.29, 1.82) is 0 Å². The van der Waals surface area contributed by atoms with Crippen molar-refractivity contribution < 1.29 is 4.74 Å². The Morgan fingerprint density at radius 3 is 2.86 bits per heavy atom. The summed E-state index contributed by atoms with van der Waals surface area (Å²) in [6.45, 7) is 2.51. The number of aromatic nitrogens is 1. The van der Waals surface area contributed by atoms with Crippen LogP contribution in [0.4, 0.5) is 0 Å². The summed E-state index contributed by atoms with van der Waals surface area (Å²) in [5.41, 5.74) is 7.65. The van der Waals surface area contributed by atoms with E-state index in [1.807, 2.05) is 19.1 Å². The van der Waals surface area contributed by atoms with E-state index < -0.39 is 0 Å². The maximum atomic E-state index is 5.71. The molecule has 1 aliphatic carbocycles. The second-order valence-corrected chi connectivity index (χ2v) is 3.83. The SMILES string of the molecule is Cc1cc(CN)cc(OC2CCC2)n1. The lowest BCUT2D eigenvalue weighted by Crippen LogP contribution is -2.25. The Labute approximate surface area is 84.3 Å². The zero-order valence-electron chi connectivity index (χ0n) is 8.49. The van der Waals surface area contributed by atoms with E-state index in [0.717, 1.165) is 30.0 Å². The standard InChI is InChI=1S/C11H16N2O/c1-8-5-9(7-12)6-11(13-8)14-10-3-2-4-10/h5-6,10H,2-4,7,12H2,1H3. The lowest BCUT2D eigenvalue weighted by Gasteiger charge is -2.25. The van der Waals surface area contributed by atoms with Crippen LogP contribution >= 0.6 is 0 Å². The van der Waals surface area contributed by atoms with Crippen LogP contribution in [0, 0.1) is 6.92 Å². The summed E-state index contributed by atoms with van der Waals surface area (Å²) in [6, 6.07) is 3.93. The van der Waals surface area contributed by atoms with Crippen molar-refractivity contribution in [2.75, 3.05) is 0 Å². The van der Waals surface area contributed by atoms with E-state index in [1.165, 1.54) is 6.42 Å². The molecular weight excluding hydrogens is 176 g/mol. The molecule has 1 aliphatic rings. The van der Waals surface area contributed by atoms with Crippen LogP contribution in [0.15, 0.2) is 12.1 Å². The molecule has 0 radical (unpaired) electrons. The maximum Gasteiger partial charge on any atom is 0.214 e. The quantitative estimate of drug-likeness (QED) is 0.794. The normalized spacial score (nSPS) is 16.4. The van der Waals surface area contributed by atoms with Crippen LogP contribution in [-0.2, 0) is 6.54 Å². The lowest BCUT2D eigenvalue weighted by molar-refractivity contribution is 0.114. The highest BCUT2D eigenvalue weighted by Gasteiger charge is 2.19. The Hall–Kier alpha value is -1.09. The Morgan fingerprint density at radius 2 is 2.29 bits per heavy atom. The number of ether oxygens (including phenoxy) is 1. The Morgan fingerprint density at radius 1 is 1.50 bits per heavy atom. The molecule has 0 aliphatic heterocycles. The van der Waals surface area contributed by atoms with E-state index in [9.17, 15) is 0 Å². The molecule has 3 nitrogen and oxygen atoms in total. The van der Waals surface area contributed by atoms with Crippen molar-refractivity contribution in [2.24, 2.45) is 5.73 Å². The molecule has 1 fully saturated rings. The monoisotopic (exact) mass is 192 g/mol. The molecule has 0 atom stereocenters. The first-order valence-corrected chi connectivity index (χ1v) is 5.12. The number of pyridine rings is 1. The second-order valence-electron chi connectivity index (χ2n) is 3.83. The molecule has 2 rings (SSSR count).